The van der Waals surface area contributed by atoms with Gasteiger partial charge in [-0.3, -0.25) is 0 Å². The molecule has 1 saturated heterocycles. The molecule has 0 radical (unpaired) electrons. The Labute approximate surface area is 104 Å². The van der Waals surface area contributed by atoms with Crippen molar-refractivity contribution in [2.45, 2.75) is 31.4 Å². The summed E-state index contributed by atoms with van der Waals surface area (Å²) in [6.45, 7) is 1.93. The second-order valence-corrected chi connectivity index (χ2v) is 6.35. The van der Waals surface area contributed by atoms with Crippen LogP contribution >= 0.6 is 23.1 Å². The molecule has 2 rings (SSSR count). The molecule has 88 valence electrons. The van der Waals surface area contributed by atoms with Crippen LogP contribution in [0.1, 0.15) is 44.9 Å². The van der Waals surface area contributed by atoms with Crippen LogP contribution in [0.2, 0.25) is 0 Å². The summed E-state index contributed by atoms with van der Waals surface area (Å²) < 4.78 is 4.72. The quantitative estimate of drug-likeness (QED) is 0.763. The minimum Gasteiger partial charge on any atom is -0.464 e. The lowest BCUT2D eigenvalue weighted by Gasteiger charge is -2.18. The van der Waals surface area contributed by atoms with Crippen LogP contribution in [0, 0.1) is 6.92 Å². The Kier molecular flexibility index (Phi) is 3.86. The molecule has 1 aliphatic heterocycles. The maximum Gasteiger partial charge on any atom is 0.357 e. The van der Waals surface area contributed by atoms with Gasteiger partial charge in [-0.1, -0.05) is 6.42 Å². The molecular weight excluding hydrogens is 242 g/mol. The summed E-state index contributed by atoms with van der Waals surface area (Å²) in [5.41, 5.74) is 0.494. The van der Waals surface area contributed by atoms with Gasteiger partial charge in [0, 0.05) is 4.88 Å². The Morgan fingerprint density at radius 1 is 1.50 bits per heavy atom. The lowest BCUT2D eigenvalue weighted by molar-refractivity contribution is 0.0594. The summed E-state index contributed by atoms with van der Waals surface area (Å²) >= 11 is 3.59. The maximum atomic E-state index is 11.4. The molecule has 1 aromatic heterocycles. The molecule has 0 bridgehead atoms. The third-order valence-electron chi connectivity index (χ3n) is 2.65. The van der Waals surface area contributed by atoms with Crippen molar-refractivity contribution in [2.24, 2.45) is 0 Å². The van der Waals surface area contributed by atoms with Crippen LogP contribution in [0.3, 0.4) is 0 Å². The third kappa shape index (κ3) is 2.40. The van der Waals surface area contributed by atoms with Crippen molar-refractivity contribution in [3.63, 3.8) is 0 Å². The first-order chi connectivity index (χ1) is 7.72. The Hall–Kier alpha value is -0.550. The van der Waals surface area contributed by atoms with Crippen molar-refractivity contribution in [3.8, 4) is 0 Å². The largest absolute Gasteiger partial charge is 0.464 e. The molecule has 1 unspecified atom stereocenters. The number of ether oxygens (including phenoxy) is 1. The summed E-state index contributed by atoms with van der Waals surface area (Å²) in [4.78, 5) is 16.8. The summed E-state index contributed by atoms with van der Waals surface area (Å²) in [5, 5.41) is 1.57. The fraction of sp³-hybridized carbons (Fsp3) is 0.636. The summed E-state index contributed by atoms with van der Waals surface area (Å²) in [7, 11) is 1.40. The molecule has 16 heavy (non-hydrogen) atoms. The SMILES string of the molecule is COC(=O)c1nc(C2CCCCS2)sc1C. The molecule has 1 aromatic rings. The number of hydrogen-bond donors (Lipinski definition) is 0. The molecule has 0 N–H and O–H groups in total. The number of thiazole rings is 1. The number of aromatic nitrogens is 1. The standard InChI is InChI=1S/C11H15NO2S2/c1-7-9(11(13)14-2)12-10(16-7)8-5-3-4-6-15-8/h8H,3-6H2,1-2H3. The Morgan fingerprint density at radius 2 is 2.31 bits per heavy atom. The highest BCUT2D eigenvalue weighted by Crippen LogP contribution is 2.40. The average Bonchev–Trinajstić information content (AvgIpc) is 2.71. The minimum atomic E-state index is -0.319. The molecule has 2 heterocycles. The molecule has 3 nitrogen and oxygen atoms in total. The number of esters is 1. The second-order valence-electron chi connectivity index (χ2n) is 3.80. The molecule has 1 aliphatic rings. The monoisotopic (exact) mass is 257 g/mol. The normalized spacial score (nSPS) is 20.8. The molecule has 5 heteroatoms. The Morgan fingerprint density at radius 3 is 2.94 bits per heavy atom. The first-order valence-electron chi connectivity index (χ1n) is 5.39. The number of thioether (sulfide) groups is 1. The highest BCUT2D eigenvalue weighted by atomic mass is 32.2. The van der Waals surface area contributed by atoms with E-state index in [0.29, 0.717) is 10.9 Å². The number of hydrogen-bond acceptors (Lipinski definition) is 5. The topological polar surface area (TPSA) is 39.2 Å². The van der Waals surface area contributed by atoms with Crippen LogP contribution in [-0.2, 0) is 4.74 Å². The summed E-state index contributed by atoms with van der Waals surface area (Å²) in [6, 6.07) is 0. The van der Waals surface area contributed by atoms with Crippen LogP contribution in [0.25, 0.3) is 0 Å². The van der Waals surface area contributed by atoms with E-state index in [1.165, 1.54) is 32.1 Å². The number of nitrogens with zero attached hydrogens (tertiary/aromatic N) is 1. The number of methoxy groups -OCH3 is 1. The van der Waals surface area contributed by atoms with E-state index in [4.69, 9.17) is 4.74 Å². The molecule has 1 fully saturated rings. The van der Waals surface area contributed by atoms with E-state index in [9.17, 15) is 4.79 Å². The average molecular weight is 257 g/mol. The fourth-order valence-corrected chi connectivity index (χ4v) is 4.23. The highest BCUT2D eigenvalue weighted by Gasteiger charge is 2.23. The zero-order valence-corrected chi connectivity index (χ0v) is 11.1. The Bertz CT molecular complexity index is 383. The first-order valence-corrected chi connectivity index (χ1v) is 7.26. The summed E-state index contributed by atoms with van der Waals surface area (Å²) in [5.74, 6) is 0.887. The van der Waals surface area contributed by atoms with Gasteiger partial charge in [-0.05, 0) is 25.5 Å². The van der Waals surface area contributed by atoms with Crippen molar-refractivity contribution in [1.82, 2.24) is 4.98 Å². The maximum absolute atomic E-state index is 11.4. The molecule has 0 aromatic carbocycles. The van der Waals surface area contributed by atoms with Crippen molar-refractivity contribution < 1.29 is 9.53 Å². The van der Waals surface area contributed by atoms with E-state index in [-0.39, 0.29) is 5.97 Å². The second kappa shape index (κ2) is 5.19. The molecular formula is C11H15NO2S2. The lowest BCUT2D eigenvalue weighted by Crippen LogP contribution is -2.05. The van der Waals surface area contributed by atoms with E-state index in [1.807, 2.05) is 18.7 Å². The predicted molar refractivity (Wildman–Crippen MR) is 67.2 cm³/mol. The fourth-order valence-electron chi connectivity index (χ4n) is 1.78. The van der Waals surface area contributed by atoms with E-state index in [1.54, 1.807) is 11.3 Å². The van der Waals surface area contributed by atoms with Crippen LogP contribution in [-0.4, -0.2) is 23.8 Å². The Balaban J connectivity index is 2.19. The van der Waals surface area contributed by atoms with Gasteiger partial charge >= 0.3 is 5.97 Å². The summed E-state index contributed by atoms with van der Waals surface area (Å²) in [6.07, 6.45) is 3.75. The van der Waals surface area contributed by atoms with Gasteiger partial charge in [0.2, 0.25) is 0 Å². The van der Waals surface area contributed by atoms with E-state index < -0.39 is 0 Å². The molecule has 0 spiro atoms. The van der Waals surface area contributed by atoms with E-state index in [2.05, 4.69) is 4.98 Å². The van der Waals surface area contributed by atoms with Crippen LogP contribution in [0.15, 0.2) is 0 Å². The zero-order chi connectivity index (χ0) is 11.5. The van der Waals surface area contributed by atoms with Gasteiger partial charge in [-0.2, -0.15) is 11.8 Å². The van der Waals surface area contributed by atoms with Crippen LogP contribution < -0.4 is 0 Å². The smallest absolute Gasteiger partial charge is 0.357 e. The van der Waals surface area contributed by atoms with Gasteiger partial charge in [0.1, 0.15) is 5.01 Å². The van der Waals surface area contributed by atoms with Crippen molar-refractivity contribution in [3.05, 3.63) is 15.6 Å². The van der Waals surface area contributed by atoms with Gasteiger partial charge in [0.05, 0.1) is 12.4 Å². The number of carbonyl (C=O) groups excluding carboxylic acids is 1. The van der Waals surface area contributed by atoms with Crippen LogP contribution in [0.5, 0.6) is 0 Å². The number of carbonyl (C=O) groups is 1. The molecule has 0 aliphatic carbocycles. The van der Waals surface area contributed by atoms with Crippen molar-refractivity contribution in [2.75, 3.05) is 12.9 Å². The van der Waals surface area contributed by atoms with Crippen molar-refractivity contribution >= 4 is 29.1 Å². The van der Waals surface area contributed by atoms with Crippen LogP contribution in [0.4, 0.5) is 0 Å². The zero-order valence-electron chi connectivity index (χ0n) is 9.49. The number of aryl methyl sites for hydroxylation is 1. The van der Waals surface area contributed by atoms with E-state index in [0.717, 1.165) is 9.88 Å². The van der Waals surface area contributed by atoms with Gasteiger partial charge in [-0.25, -0.2) is 9.78 Å². The molecule has 0 saturated carbocycles. The van der Waals surface area contributed by atoms with Gasteiger partial charge in [0.15, 0.2) is 5.69 Å². The number of rotatable bonds is 2. The van der Waals surface area contributed by atoms with E-state index >= 15 is 0 Å². The van der Waals surface area contributed by atoms with Gasteiger partial charge in [-0.15, -0.1) is 11.3 Å². The predicted octanol–water partition coefficient (Wildman–Crippen LogP) is 3.20. The van der Waals surface area contributed by atoms with Gasteiger partial charge in [0.25, 0.3) is 0 Å². The van der Waals surface area contributed by atoms with Gasteiger partial charge < -0.3 is 4.74 Å². The lowest BCUT2D eigenvalue weighted by atomic mass is 10.2. The third-order valence-corrected chi connectivity index (χ3v) is 5.27. The van der Waals surface area contributed by atoms with Crippen molar-refractivity contribution in [1.29, 1.82) is 0 Å². The first kappa shape index (κ1) is 11.9. The molecule has 0 amide bonds. The highest BCUT2D eigenvalue weighted by molar-refractivity contribution is 7.99. The molecule has 1 atom stereocenters. The minimum absolute atomic E-state index is 0.319.